The third kappa shape index (κ3) is 6.72. The average Bonchev–Trinajstić information content (AvgIpc) is 2.82. The minimum atomic E-state index is 0.848. The zero-order chi connectivity index (χ0) is 23.4. The Bertz CT molecular complexity index is 1000. The molecule has 0 bridgehead atoms. The van der Waals surface area contributed by atoms with Crippen LogP contribution in [-0.4, -0.2) is 41.8 Å². The first-order valence-electron chi connectivity index (χ1n) is 11.3. The number of hydrogen-bond donors (Lipinski definition) is 0. The average molecular weight is 419 g/mol. The Morgan fingerprint density at radius 2 is 1.61 bits per heavy atom. The molecule has 3 rings (SSSR count). The van der Waals surface area contributed by atoms with Gasteiger partial charge in [-0.2, -0.15) is 0 Å². The molecule has 0 radical (unpaired) electrons. The molecule has 0 N–H and O–H groups in total. The molecule has 0 spiro atoms. The van der Waals surface area contributed by atoms with E-state index in [2.05, 4.69) is 70.2 Å². The fourth-order valence-corrected chi connectivity index (χ4v) is 2.99. The van der Waals surface area contributed by atoms with Crippen LogP contribution >= 0.6 is 0 Å². The number of benzene rings is 1. The SMILES string of the molecule is C=C(C)N(C)CCN(CC)c1nnc(C2=C=C=C(C)C=C2)c2ccccc12.CC.CC. The second kappa shape index (κ2) is 13.3. The molecule has 0 amide bonds. The summed E-state index contributed by atoms with van der Waals surface area (Å²) in [5.41, 5.74) is 10.2. The van der Waals surface area contributed by atoms with Gasteiger partial charge in [0.15, 0.2) is 5.82 Å². The van der Waals surface area contributed by atoms with Crippen molar-refractivity contribution in [2.75, 3.05) is 31.6 Å². The van der Waals surface area contributed by atoms with Gasteiger partial charge >= 0.3 is 0 Å². The van der Waals surface area contributed by atoms with Crippen LogP contribution in [0.1, 0.15) is 54.2 Å². The van der Waals surface area contributed by atoms with Crippen molar-refractivity contribution in [3.8, 4) is 0 Å². The van der Waals surface area contributed by atoms with Crippen molar-refractivity contribution < 1.29 is 0 Å². The van der Waals surface area contributed by atoms with E-state index in [1.54, 1.807) is 0 Å². The smallest absolute Gasteiger partial charge is 0.159 e. The highest BCUT2D eigenvalue weighted by Crippen LogP contribution is 2.30. The highest BCUT2D eigenvalue weighted by atomic mass is 15.3. The molecular formula is C27H38N4. The van der Waals surface area contributed by atoms with E-state index in [0.717, 1.165) is 58.8 Å². The van der Waals surface area contributed by atoms with Gasteiger partial charge in [0.25, 0.3) is 0 Å². The quantitative estimate of drug-likeness (QED) is 0.473. The number of likely N-dealkylation sites (N-methyl/N-ethyl adjacent to an activating group) is 2. The van der Waals surface area contributed by atoms with Crippen LogP contribution in [0.3, 0.4) is 0 Å². The lowest BCUT2D eigenvalue weighted by atomic mass is 10.0. The first-order valence-corrected chi connectivity index (χ1v) is 11.3. The lowest BCUT2D eigenvalue weighted by Gasteiger charge is -2.27. The maximum absolute atomic E-state index is 4.60. The number of allylic oxidation sites excluding steroid dienone is 5. The minimum absolute atomic E-state index is 0.848. The van der Waals surface area contributed by atoms with Crippen molar-refractivity contribution in [3.05, 3.63) is 71.4 Å². The van der Waals surface area contributed by atoms with Gasteiger partial charge in [0.2, 0.25) is 0 Å². The van der Waals surface area contributed by atoms with Crippen LogP contribution in [0.5, 0.6) is 0 Å². The number of rotatable bonds is 7. The summed E-state index contributed by atoms with van der Waals surface area (Å²) >= 11 is 0. The van der Waals surface area contributed by atoms with Crippen LogP contribution < -0.4 is 4.90 Å². The summed E-state index contributed by atoms with van der Waals surface area (Å²) < 4.78 is 0. The Labute approximate surface area is 189 Å². The predicted molar refractivity (Wildman–Crippen MR) is 136 cm³/mol. The Kier molecular flexibility index (Phi) is 11.1. The molecule has 0 fully saturated rings. The van der Waals surface area contributed by atoms with E-state index in [9.17, 15) is 0 Å². The third-order valence-corrected chi connectivity index (χ3v) is 4.86. The maximum atomic E-state index is 4.60. The molecule has 4 nitrogen and oxygen atoms in total. The van der Waals surface area contributed by atoms with E-state index in [1.165, 1.54) is 0 Å². The number of aromatic nitrogens is 2. The van der Waals surface area contributed by atoms with Gasteiger partial charge in [0, 0.05) is 43.2 Å². The van der Waals surface area contributed by atoms with Gasteiger partial charge < -0.3 is 9.80 Å². The number of hydrogen-bond acceptors (Lipinski definition) is 4. The largest absolute Gasteiger partial charge is 0.377 e. The Morgan fingerprint density at radius 3 is 2.16 bits per heavy atom. The van der Waals surface area contributed by atoms with Gasteiger partial charge in [0.05, 0.1) is 5.57 Å². The van der Waals surface area contributed by atoms with Crippen molar-refractivity contribution in [1.29, 1.82) is 0 Å². The summed E-state index contributed by atoms with van der Waals surface area (Å²) in [5, 5.41) is 11.4. The van der Waals surface area contributed by atoms with E-state index in [-0.39, 0.29) is 0 Å². The minimum Gasteiger partial charge on any atom is -0.377 e. The molecular weight excluding hydrogens is 380 g/mol. The van der Waals surface area contributed by atoms with Crippen LogP contribution in [0.25, 0.3) is 16.3 Å². The summed E-state index contributed by atoms with van der Waals surface area (Å²) in [6, 6.07) is 8.31. The van der Waals surface area contributed by atoms with Crippen molar-refractivity contribution >= 4 is 22.2 Å². The van der Waals surface area contributed by atoms with Crippen molar-refractivity contribution in [2.45, 2.75) is 48.5 Å². The van der Waals surface area contributed by atoms with E-state index >= 15 is 0 Å². The summed E-state index contributed by atoms with van der Waals surface area (Å²) in [7, 11) is 2.06. The van der Waals surface area contributed by atoms with Crippen molar-refractivity contribution in [1.82, 2.24) is 15.1 Å². The van der Waals surface area contributed by atoms with E-state index in [1.807, 2.05) is 59.8 Å². The summed E-state index contributed by atoms with van der Waals surface area (Å²) in [4.78, 5) is 4.42. The normalized spacial score (nSPS) is 11.5. The van der Waals surface area contributed by atoms with E-state index < -0.39 is 0 Å². The third-order valence-electron chi connectivity index (χ3n) is 4.86. The van der Waals surface area contributed by atoms with Crippen molar-refractivity contribution in [3.63, 3.8) is 0 Å². The highest BCUT2D eigenvalue weighted by Gasteiger charge is 2.16. The summed E-state index contributed by atoms with van der Waals surface area (Å²) in [6.07, 6.45) is 4.06. The van der Waals surface area contributed by atoms with Crippen LogP contribution in [0.15, 0.2) is 65.7 Å². The topological polar surface area (TPSA) is 32.3 Å². The predicted octanol–water partition coefficient (Wildman–Crippen LogP) is 6.63. The van der Waals surface area contributed by atoms with Crippen LogP contribution in [0, 0.1) is 0 Å². The molecule has 1 aliphatic carbocycles. The fourth-order valence-electron chi connectivity index (χ4n) is 2.99. The highest BCUT2D eigenvalue weighted by molar-refractivity contribution is 5.99. The van der Waals surface area contributed by atoms with Crippen molar-refractivity contribution in [2.24, 2.45) is 0 Å². The molecule has 31 heavy (non-hydrogen) atoms. The fraction of sp³-hybridized carbons (Fsp3) is 0.407. The van der Waals surface area contributed by atoms with Gasteiger partial charge in [-0.1, -0.05) is 70.0 Å². The molecule has 0 saturated carbocycles. The second-order valence-corrected chi connectivity index (χ2v) is 6.83. The molecule has 1 aromatic heterocycles. The van der Waals surface area contributed by atoms with Gasteiger partial charge in [-0.25, -0.2) is 0 Å². The number of nitrogens with zero attached hydrogens (tertiary/aromatic N) is 4. The second-order valence-electron chi connectivity index (χ2n) is 6.83. The zero-order valence-electron chi connectivity index (χ0n) is 20.6. The Balaban J connectivity index is 0.00000113. The Hall–Kier alpha value is -3.06. The molecule has 0 atom stereocenters. The summed E-state index contributed by atoms with van der Waals surface area (Å²) in [6.45, 7) is 20.8. The zero-order valence-corrected chi connectivity index (χ0v) is 20.6. The molecule has 4 heteroatoms. The summed E-state index contributed by atoms with van der Waals surface area (Å²) in [5.74, 6) is 0.919. The van der Waals surface area contributed by atoms with Gasteiger partial charge in [-0.15, -0.1) is 10.2 Å². The molecule has 1 aliphatic rings. The van der Waals surface area contributed by atoms with E-state index in [4.69, 9.17) is 0 Å². The molecule has 1 aromatic carbocycles. The van der Waals surface area contributed by atoms with Gasteiger partial charge in [0.1, 0.15) is 5.69 Å². The lowest BCUT2D eigenvalue weighted by Crippen LogP contribution is -2.33. The number of fused-ring (bicyclic) bond motifs is 1. The molecule has 0 aliphatic heterocycles. The first-order chi connectivity index (χ1) is 15.0. The molecule has 1 heterocycles. The molecule has 166 valence electrons. The molecule has 0 saturated heterocycles. The standard InChI is InChI=1S/C23H26N4.2C2H6/c1-6-27(16-15-26(5)17(2)3)23-21-10-8-7-9-20(21)22(24-25-23)19-13-11-18(4)12-14-19;2*1-2/h7-11,13H,2,6,15-16H2,1,3-5H3;2*1-2H3. The van der Waals surface area contributed by atoms with E-state index in [0.29, 0.717) is 0 Å². The van der Waals surface area contributed by atoms with Gasteiger partial charge in [-0.05, 0) is 38.5 Å². The van der Waals surface area contributed by atoms with Gasteiger partial charge in [-0.3, -0.25) is 0 Å². The number of anilines is 1. The molecule has 2 aromatic rings. The Morgan fingerprint density at radius 1 is 0.968 bits per heavy atom. The van der Waals surface area contributed by atoms with Crippen LogP contribution in [0.2, 0.25) is 0 Å². The van der Waals surface area contributed by atoms with Crippen LogP contribution in [0.4, 0.5) is 5.82 Å². The first kappa shape index (κ1) is 26.0. The van der Waals surface area contributed by atoms with Crippen LogP contribution in [-0.2, 0) is 0 Å². The lowest BCUT2D eigenvalue weighted by molar-refractivity contribution is 0.424. The molecule has 0 unspecified atom stereocenters. The monoisotopic (exact) mass is 418 g/mol. The maximum Gasteiger partial charge on any atom is 0.159 e.